The number of benzene rings is 1. The van der Waals surface area contributed by atoms with E-state index in [0.29, 0.717) is 11.3 Å². The second kappa shape index (κ2) is 10.1. The van der Waals surface area contributed by atoms with Gasteiger partial charge in [0.15, 0.2) is 0 Å². The lowest BCUT2D eigenvalue weighted by atomic mass is 9.68. The Kier molecular flexibility index (Phi) is 7.54. The molecular weight excluding hydrogens is 346 g/mol. The second-order valence-electron chi connectivity index (χ2n) is 9.08. The molecule has 0 N–H and O–H groups in total. The molecule has 2 aliphatic rings. The van der Waals surface area contributed by atoms with Crippen LogP contribution in [-0.4, -0.2) is 5.97 Å². The molecule has 0 unspecified atom stereocenters. The first-order chi connectivity index (χ1) is 13.6. The molecule has 3 rings (SSSR count). The number of carbonyl (C=O) groups excluding carboxylic acids is 1. The van der Waals surface area contributed by atoms with Crippen LogP contribution >= 0.6 is 0 Å². The van der Waals surface area contributed by atoms with Crippen molar-refractivity contribution < 1.29 is 9.53 Å². The van der Waals surface area contributed by atoms with Crippen molar-refractivity contribution in [1.29, 1.82) is 5.26 Å². The van der Waals surface area contributed by atoms with Gasteiger partial charge in [-0.3, -0.25) is 4.79 Å². The largest absolute Gasteiger partial charge is 0.426 e. The van der Waals surface area contributed by atoms with Gasteiger partial charge in [0, 0.05) is 0 Å². The van der Waals surface area contributed by atoms with Crippen LogP contribution in [0.3, 0.4) is 0 Å². The fourth-order valence-corrected chi connectivity index (χ4v) is 5.30. The minimum absolute atomic E-state index is 0.0448. The van der Waals surface area contributed by atoms with E-state index in [2.05, 4.69) is 13.0 Å². The van der Waals surface area contributed by atoms with Crippen LogP contribution in [0.4, 0.5) is 0 Å². The smallest absolute Gasteiger partial charge is 0.317 e. The van der Waals surface area contributed by atoms with Crippen molar-refractivity contribution in [2.75, 3.05) is 0 Å². The van der Waals surface area contributed by atoms with Crippen molar-refractivity contribution in [3.05, 3.63) is 29.8 Å². The molecule has 0 amide bonds. The molecule has 3 nitrogen and oxygen atoms in total. The summed E-state index contributed by atoms with van der Waals surface area (Å²) in [6.07, 6.45) is 15.7. The highest BCUT2D eigenvalue weighted by Crippen LogP contribution is 2.44. The molecule has 0 spiro atoms. The molecule has 0 aliphatic heterocycles. The van der Waals surface area contributed by atoms with Gasteiger partial charge in [-0.2, -0.15) is 5.26 Å². The van der Waals surface area contributed by atoms with Crippen molar-refractivity contribution in [3.8, 4) is 11.8 Å². The summed E-state index contributed by atoms with van der Waals surface area (Å²) in [5.74, 6) is 2.24. The van der Waals surface area contributed by atoms with Crippen LogP contribution < -0.4 is 4.74 Å². The number of hydrogen-bond acceptors (Lipinski definition) is 3. The molecule has 1 aromatic rings. The number of carbonyl (C=O) groups is 1. The van der Waals surface area contributed by atoms with Gasteiger partial charge in [-0.25, -0.2) is 0 Å². The van der Waals surface area contributed by atoms with Gasteiger partial charge in [0.25, 0.3) is 0 Å². The Morgan fingerprint density at radius 1 is 1.04 bits per heavy atom. The van der Waals surface area contributed by atoms with Gasteiger partial charge in [0.1, 0.15) is 5.75 Å². The van der Waals surface area contributed by atoms with E-state index in [1.54, 1.807) is 24.3 Å². The monoisotopic (exact) mass is 381 g/mol. The van der Waals surface area contributed by atoms with Gasteiger partial charge in [-0.1, -0.05) is 64.7 Å². The van der Waals surface area contributed by atoms with E-state index in [1.807, 2.05) is 0 Å². The normalized spacial score (nSPS) is 24.3. The van der Waals surface area contributed by atoms with Crippen molar-refractivity contribution in [3.63, 3.8) is 0 Å². The number of nitrogens with zero attached hydrogens (tertiary/aromatic N) is 1. The molecule has 0 atom stereocenters. The molecule has 0 saturated heterocycles. The Morgan fingerprint density at radius 2 is 1.64 bits per heavy atom. The summed E-state index contributed by atoms with van der Waals surface area (Å²) in [6, 6.07) is 9.01. The van der Waals surface area contributed by atoms with Gasteiger partial charge < -0.3 is 4.74 Å². The van der Waals surface area contributed by atoms with E-state index in [4.69, 9.17) is 10.00 Å². The highest BCUT2D eigenvalue weighted by atomic mass is 16.5. The number of hydrogen-bond donors (Lipinski definition) is 0. The number of rotatable bonds is 7. The first-order valence-electron chi connectivity index (χ1n) is 11.4. The Hall–Kier alpha value is -1.82. The number of esters is 1. The van der Waals surface area contributed by atoms with E-state index in [1.165, 1.54) is 51.4 Å². The molecule has 152 valence electrons. The zero-order valence-electron chi connectivity index (χ0n) is 17.4. The third-order valence-electron chi connectivity index (χ3n) is 7.13. The summed E-state index contributed by atoms with van der Waals surface area (Å²) in [5, 5.41) is 8.94. The number of ether oxygens (including phenoxy) is 1. The number of nitriles is 1. The molecule has 2 aliphatic carbocycles. The van der Waals surface area contributed by atoms with Gasteiger partial charge in [-0.05, 0) is 61.8 Å². The maximum Gasteiger partial charge on any atom is 0.317 e. The molecule has 28 heavy (non-hydrogen) atoms. The van der Waals surface area contributed by atoms with Gasteiger partial charge in [0.2, 0.25) is 0 Å². The summed E-state index contributed by atoms with van der Waals surface area (Å²) in [4.78, 5) is 13.2. The van der Waals surface area contributed by atoms with E-state index in [0.717, 1.165) is 43.9 Å². The Labute approximate surface area is 170 Å². The maximum absolute atomic E-state index is 13.2. The molecular formula is C25H35NO2. The zero-order chi connectivity index (χ0) is 19.8. The Bertz CT molecular complexity index is 659. The maximum atomic E-state index is 13.2. The topological polar surface area (TPSA) is 50.1 Å². The van der Waals surface area contributed by atoms with E-state index in [-0.39, 0.29) is 11.4 Å². The minimum Gasteiger partial charge on any atom is -0.426 e. The van der Waals surface area contributed by atoms with Crippen LogP contribution in [0.5, 0.6) is 5.75 Å². The van der Waals surface area contributed by atoms with Crippen molar-refractivity contribution in [2.45, 2.75) is 90.4 Å². The lowest BCUT2D eigenvalue weighted by Crippen LogP contribution is -2.37. The SMILES string of the molecule is CCCC1CCC(CCC2(C(=O)Oc3ccc(C#N)cc3)CCCCC2)CC1. The van der Waals surface area contributed by atoms with Crippen molar-refractivity contribution in [2.24, 2.45) is 17.3 Å². The first-order valence-corrected chi connectivity index (χ1v) is 11.4. The van der Waals surface area contributed by atoms with Crippen LogP contribution in [0.25, 0.3) is 0 Å². The Balaban J connectivity index is 1.58. The summed E-state index contributed by atoms with van der Waals surface area (Å²) in [6.45, 7) is 2.29. The van der Waals surface area contributed by atoms with Crippen molar-refractivity contribution in [1.82, 2.24) is 0 Å². The predicted octanol–water partition coefficient (Wildman–Crippen LogP) is 6.80. The standard InChI is InChI=1S/C25H35NO2/c1-2-6-20-7-9-21(10-8-20)15-18-25(16-4-3-5-17-25)24(27)28-23-13-11-22(19-26)12-14-23/h11-14,20-21H,2-10,15-18H2,1H3. The summed E-state index contributed by atoms with van der Waals surface area (Å²) in [7, 11) is 0. The van der Waals surface area contributed by atoms with Crippen LogP contribution in [0.15, 0.2) is 24.3 Å². The zero-order valence-corrected chi connectivity index (χ0v) is 17.4. The van der Waals surface area contributed by atoms with Crippen LogP contribution in [0, 0.1) is 28.6 Å². The highest BCUT2D eigenvalue weighted by Gasteiger charge is 2.41. The molecule has 1 aromatic carbocycles. The molecule has 0 aromatic heterocycles. The summed E-state index contributed by atoms with van der Waals surface area (Å²) >= 11 is 0. The fourth-order valence-electron chi connectivity index (χ4n) is 5.30. The molecule has 0 radical (unpaired) electrons. The fraction of sp³-hybridized carbons (Fsp3) is 0.680. The Morgan fingerprint density at radius 3 is 2.21 bits per heavy atom. The molecule has 3 heteroatoms. The van der Waals surface area contributed by atoms with Crippen LogP contribution in [-0.2, 0) is 4.79 Å². The lowest BCUT2D eigenvalue weighted by Gasteiger charge is -2.37. The second-order valence-corrected chi connectivity index (χ2v) is 9.08. The summed E-state index contributed by atoms with van der Waals surface area (Å²) in [5.41, 5.74) is 0.290. The average Bonchev–Trinajstić information content (AvgIpc) is 2.74. The van der Waals surface area contributed by atoms with Crippen molar-refractivity contribution >= 4 is 5.97 Å². The first kappa shape index (κ1) is 20.9. The average molecular weight is 382 g/mol. The molecule has 2 saturated carbocycles. The van der Waals surface area contributed by atoms with Gasteiger partial charge >= 0.3 is 5.97 Å². The van der Waals surface area contributed by atoms with E-state index < -0.39 is 0 Å². The third kappa shape index (κ3) is 5.37. The summed E-state index contributed by atoms with van der Waals surface area (Å²) < 4.78 is 5.80. The van der Waals surface area contributed by atoms with E-state index in [9.17, 15) is 4.79 Å². The minimum atomic E-state index is -0.299. The van der Waals surface area contributed by atoms with Gasteiger partial charge in [0.05, 0.1) is 17.0 Å². The van der Waals surface area contributed by atoms with Gasteiger partial charge in [-0.15, -0.1) is 0 Å². The quantitative estimate of drug-likeness (QED) is 0.385. The molecule has 2 fully saturated rings. The van der Waals surface area contributed by atoms with Crippen LogP contribution in [0.2, 0.25) is 0 Å². The van der Waals surface area contributed by atoms with E-state index >= 15 is 0 Å². The molecule has 0 bridgehead atoms. The highest BCUT2D eigenvalue weighted by molar-refractivity contribution is 5.79. The molecule has 0 heterocycles. The van der Waals surface area contributed by atoms with Crippen LogP contribution in [0.1, 0.15) is 96.0 Å². The third-order valence-corrected chi connectivity index (χ3v) is 7.13. The predicted molar refractivity (Wildman–Crippen MR) is 112 cm³/mol. The lowest BCUT2D eigenvalue weighted by molar-refractivity contribution is -0.148.